The van der Waals surface area contributed by atoms with Crippen molar-refractivity contribution in [2.75, 3.05) is 12.4 Å². The monoisotopic (exact) mass is 641 g/mol. The van der Waals surface area contributed by atoms with Gasteiger partial charge in [0.15, 0.2) is 23.4 Å². The molecule has 47 heavy (non-hydrogen) atoms. The van der Waals surface area contributed by atoms with E-state index in [0.717, 1.165) is 22.4 Å². The van der Waals surface area contributed by atoms with Crippen molar-refractivity contribution in [2.24, 2.45) is 11.8 Å². The SMILES string of the molecule is COC(=O)c1coc(-c2nc3oc2C24c5ccccc5N[C@@H]2Oc2ccc(cc24)C[C@H](NC(=O)[C@@H](O)C(C)C)C(=O)N[C@H]3C(C)C)n1. The molecule has 2 aromatic carbocycles. The maximum Gasteiger partial charge on any atom is 0.360 e. The predicted octanol–water partition coefficient (Wildman–Crippen LogP) is 3.47. The third-order valence-corrected chi connectivity index (χ3v) is 9.05. The third kappa shape index (κ3) is 4.75. The van der Waals surface area contributed by atoms with Crippen LogP contribution in [0.3, 0.4) is 0 Å². The summed E-state index contributed by atoms with van der Waals surface area (Å²) in [4.78, 5) is 48.6. The number of nitrogens with one attached hydrogen (secondary N) is 3. The van der Waals surface area contributed by atoms with Crippen LogP contribution in [0, 0.1) is 11.8 Å². The molecule has 5 heterocycles. The lowest BCUT2D eigenvalue weighted by molar-refractivity contribution is -0.135. The maximum atomic E-state index is 13.9. The smallest absolute Gasteiger partial charge is 0.360 e. The molecule has 4 N–H and O–H groups in total. The van der Waals surface area contributed by atoms with E-state index in [1.807, 2.05) is 56.3 Å². The minimum atomic E-state index is -1.30. The summed E-state index contributed by atoms with van der Waals surface area (Å²) >= 11 is 0. The molecule has 7 rings (SSSR count). The van der Waals surface area contributed by atoms with Crippen LogP contribution in [0.1, 0.15) is 72.6 Å². The van der Waals surface area contributed by atoms with Crippen molar-refractivity contribution in [3.05, 3.63) is 82.8 Å². The number of para-hydroxylation sites is 1. The van der Waals surface area contributed by atoms with E-state index in [4.69, 9.17) is 23.3 Å². The number of anilines is 1. The number of aliphatic hydroxyl groups excluding tert-OH is 1. The zero-order valence-corrected chi connectivity index (χ0v) is 26.5. The van der Waals surface area contributed by atoms with Crippen molar-refractivity contribution in [2.45, 2.75) is 63.9 Å². The van der Waals surface area contributed by atoms with Gasteiger partial charge in [0.1, 0.15) is 35.6 Å². The van der Waals surface area contributed by atoms with Gasteiger partial charge in [-0.15, -0.1) is 0 Å². The summed E-state index contributed by atoms with van der Waals surface area (Å²) in [6.45, 7) is 7.26. The first-order chi connectivity index (χ1) is 22.5. The summed E-state index contributed by atoms with van der Waals surface area (Å²) in [7, 11) is 1.25. The Hall–Kier alpha value is -5.17. The van der Waals surface area contributed by atoms with Crippen molar-refractivity contribution in [3.63, 3.8) is 0 Å². The van der Waals surface area contributed by atoms with Gasteiger partial charge in [0, 0.05) is 17.7 Å². The number of esters is 1. The average Bonchev–Trinajstić information content (AvgIpc) is 3.83. The zero-order chi connectivity index (χ0) is 33.2. The van der Waals surface area contributed by atoms with Gasteiger partial charge in [-0.25, -0.2) is 14.8 Å². The number of benzene rings is 2. The van der Waals surface area contributed by atoms with Crippen LogP contribution >= 0.6 is 0 Å². The van der Waals surface area contributed by atoms with E-state index in [9.17, 15) is 19.5 Å². The molecular formula is C34H35N5O8. The number of hydrogen-bond acceptors (Lipinski definition) is 11. The number of rotatable bonds is 6. The van der Waals surface area contributed by atoms with Gasteiger partial charge in [-0.05, 0) is 35.1 Å². The maximum absolute atomic E-state index is 13.9. The van der Waals surface area contributed by atoms with E-state index in [2.05, 4.69) is 20.9 Å². The lowest BCUT2D eigenvalue weighted by Crippen LogP contribution is -2.52. The summed E-state index contributed by atoms with van der Waals surface area (Å²) in [6, 6.07) is 11.6. The number of amides is 2. The molecule has 0 aliphatic carbocycles. The number of fused-ring (bicyclic) bond motifs is 4. The Morgan fingerprint density at radius 2 is 1.87 bits per heavy atom. The molecule has 1 spiro atoms. The highest BCUT2D eigenvalue weighted by Gasteiger charge is 2.61. The number of ether oxygens (including phenoxy) is 2. The second-order valence-corrected chi connectivity index (χ2v) is 12.8. The molecule has 3 aliphatic rings. The van der Waals surface area contributed by atoms with Crippen LogP contribution < -0.4 is 20.7 Å². The van der Waals surface area contributed by atoms with Gasteiger partial charge in [-0.3, -0.25) is 9.59 Å². The molecule has 2 aromatic heterocycles. The molecule has 4 aromatic rings. The lowest BCUT2D eigenvalue weighted by Gasteiger charge is -2.29. The summed E-state index contributed by atoms with van der Waals surface area (Å²) < 4.78 is 24.0. The molecule has 0 radical (unpaired) electrons. The first kappa shape index (κ1) is 30.5. The fourth-order valence-electron chi connectivity index (χ4n) is 6.59. The molecule has 5 atom stereocenters. The van der Waals surface area contributed by atoms with Crippen molar-refractivity contribution >= 4 is 23.5 Å². The number of aliphatic hydroxyl groups is 1. The van der Waals surface area contributed by atoms with Gasteiger partial charge in [0.05, 0.1) is 7.11 Å². The van der Waals surface area contributed by atoms with Crippen LogP contribution in [0.15, 0.2) is 57.6 Å². The first-order valence-corrected chi connectivity index (χ1v) is 15.5. The molecule has 4 bridgehead atoms. The fourth-order valence-corrected chi connectivity index (χ4v) is 6.59. The molecule has 2 amide bonds. The first-order valence-electron chi connectivity index (χ1n) is 15.5. The van der Waals surface area contributed by atoms with E-state index in [0.29, 0.717) is 11.5 Å². The summed E-state index contributed by atoms with van der Waals surface area (Å²) in [5, 5.41) is 19.8. The van der Waals surface area contributed by atoms with Crippen LogP contribution in [-0.2, 0) is 26.2 Å². The van der Waals surface area contributed by atoms with E-state index in [1.54, 1.807) is 13.8 Å². The topological polar surface area (TPSA) is 178 Å². The van der Waals surface area contributed by atoms with Crippen molar-refractivity contribution in [3.8, 4) is 17.3 Å². The number of carbonyl (C=O) groups excluding carboxylic acids is 3. The molecule has 1 unspecified atom stereocenters. The van der Waals surface area contributed by atoms with E-state index in [-0.39, 0.29) is 41.4 Å². The second kappa shape index (κ2) is 11.3. The Labute approximate surface area is 270 Å². The van der Waals surface area contributed by atoms with E-state index < -0.39 is 47.6 Å². The quantitative estimate of drug-likeness (QED) is 0.227. The highest BCUT2D eigenvalue weighted by molar-refractivity contribution is 5.90. The van der Waals surface area contributed by atoms with E-state index >= 15 is 0 Å². The Kier molecular flexibility index (Phi) is 7.31. The molecule has 0 fully saturated rings. The Balaban J connectivity index is 1.48. The van der Waals surface area contributed by atoms with Gasteiger partial charge in [0.25, 0.3) is 0 Å². The number of aromatic nitrogens is 2. The van der Waals surface area contributed by atoms with E-state index in [1.165, 1.54) is 13.4 Å². The highest BCUT2D eigenvalue weighted by atomic mass is 16.5. The van der Waals surface area contributed by atoms with Crippen molar-refractivity contribution in [1.82, 2.24) is 20.6 Å². The third-order valence-electron chi connectivity index (χ3n) is 9.05. The Morgan fingerprint density at radius 1 is 1.09 bits per heavy atom. The largest absolute Gasteiger partial charge is 0.469 e. The molecule has 3 aliphatic heterocycles. The predicted molar refractivity (Wildman–Crippen MR) is 166 cm³/mol. The molecule has 0 saturated carbocycles. The van der Waals surface area contributed by atoms with Crippen LogP contribution in [0.2, 0.25) is 0 Å². The van der Waals surface area contributed by atoms with Gasteiger partial charge >= 0.3 is 5.97 Å². The van der Waals surface area contributed by atoms with Crippen LogP contribution in [0.4, 0.5) is 5.69 Å². The molecule has 244 valence electrons. The molecule has 0 saturated heterocycles. The van der Waals surface area contributed by atoms with Crippen molar-refractivity contribution in [1.29, 1.82) is 0 Å². The summed E-state index contributed by atoms with van der Waals surface area (Å²) in [5.74, 6) is -1.23. The number of methoxy groups -OCH3 is 1. The summed E-state index contributed by atoms with van der Waals surface area (Å²) in [5.41, 5.74) is 2.25. The number of nitrogens with zero attached hydrogens (tertiary/aromatic N) is 2. The minimum Gasteiger partial charge on any atom is -0.469 e. The second-order valence-electron chi connectivity index (χ2n) is 12.8. The Bertz CT molecular complexity index is 1900. The summed E-state index contributed by atoms with van der Waals surface area (Å²) in [6.07, 6.45) is -0.624. The lowest BCUT2D eigenvalue weighted by atomic mass is 9.72. The molecular weight excluding hydrogens is 606 g/mol. The average molecular weight is 642 g/mol. The molecule has 13 heteroatoms. The fraction of sp³-hybridized carbons (Fsp3) is 0.382. The highest BCUT2D eigenvalue weighted by Crippen LogP contribution is 2.59. The van der Waals surface area contributed by atoms with Gasteiger partial charge < -0.3 is 39.4 Å². The number of oxazole rings is 2. The minimum absolute atomic E-state index is 0.0222. The van der Waals surface area contributed by atoms with Crippen LogP contribution in [0.5, 0.6) is 5.75 Å². The number of hydrogen-bond donors (Lipinski definition) is 4. The van der Waals surface area contributed by atoms with Crippen LogP contribution in [-0.4, -0.2) is 58.3 Å². The molecule has 13 nitrogen and oxygen atoms in total. The van der Waals surface area contributed by atoms with Gasteiger partial charge in [-0.2, -0.15) is 0 Å². The Morgan fingerprint density at radius 3 is 2.62 bits per heavy atom. The van der Waals surface area contributed by atoms with Crippen molar-refractivity contribution < 1.29 is 37.8 Å². The standard InChI is InChI=1S/C34H35N5O8/c1-15(2)24-31-39-25(30-36-22(14-45-30)32(43)44-5)27(47-31)34-18-8-6-7-9-20(18)37-33(34)46-23-11-10-17(12-19(23)34)13-21(28(41)38-24)35-29(42)26(40)16(3)4/h6-12,14-16,21,24,26,33,37,40H,13H2,1-5H3,(H,35,42)(H,38,41)/t21-,24-,26-,33+,34?/m0/s1. The van der Waals surface area contributed by atoms with Crippen LogP contribution in [0.25, 0.3) is 11.6 Å². The van der Waals surface area contributed by atoms with Gasteiger partial charge in [0.2, 0.25) is 23.6 Å². The number of carbonyl (C=O) groups is 3. The van der Waals surface area contributed by atoms with Gasteiger partial charge in [-0.1, -0.05) is 58.0 Å². The normalized spacial score (nSPS) is 23.1. The zero-order valence-electron chi connectivity index (χ0n) is 26.5.